The van der Waals surface area contributed by atoms with Gasteiger partial charge in [0.2, 0.25) is 5.95 Å². The summed E-state index contributed by atoms with van der Waals surface area (Å²) in [5.74, 6) is -0.973. The highest BCUT2D eigenvalue weighted by molar-refractivity contribution is 5.73. The van der Waals surface area contributed by atoms with Crippen LogP contribution in [0.3, 0.4) is 0 Å². The van der Waals surface area contributed by atoms with Crippen molar-refractivity contribution in [2.75, 3.05) is 23.3 Å². The van der Waals surface area contributed by atoms with Crippen molar-refractivity contribution in [2.45, 2.75) is 46.7 Å². The van der Waals surface area contributed by atoms with Crippen molar-refractivity contribution in [2.24, 2.45) is 0 Å². The van der Waals surface area contributed by atoms with Crippen LogP contribution in [-0.4, -0.2) is 40.3 Å². The molecule has 0 saturated heterocycles. The summed E-state index contributed by atoms with van der Waals surface area (Å²) in [5.41, 5.74) is 8.57. The highest BCUT2D eigenvalue weighted by Gasteiger charge is 2.38. The van der Waals surface area contributed by atoms with E-state index < -0.39 is 12.1 Å². The normalized spacial score (nSPS) is 12.6. The molecule has 1 aromatic heterocycles. The van der Waals surface area contributed by atoms with Crippen molar-refractivity contribution in [3.05, 3.63) is 76.0 Å². The summed E-state index contributed by atoms with van der Waals surface area (Å²) >= 11 is 0. The van der Waals surface area contributed by atoms with Crippen LogP contribution >= 0.6 is 0 Å². The average molecular weight is 487 g/mol. The van der Waals surface area contributed by atoms with Gasteiger partial charge >= 0.3 is 12.1 Å². The fourth-order valence-corrected chi connectivity index (χ4v) is 4.16. The van der Waals surface area contributed by atoms with Gasteiger partial charge in [0.1, 0.15) is 5.82 Å². The number of aromatic nitrogens is 2. The number of hydrogen-bond donors (Lipinski definition) is 2. The molecule has 2 aromatic carbocycles. The van der Waals surface area contributed by atoms with E-state index in [9.17, 15) is 13.2 Å². The minimum Gasteiger partial charge on any atom is -0.475 e. The second-order valence-electron chi connectivity index (χ2n) is 8.61. The van der Waals surface area contributed by atoms with E-state index in [1.807, 2.05) is 0 Å². The lowest BCUT2D eigenvalue weighted by molar-refractivity contribution is -0.192. The van der Waals surface area contributed by atoms with Crippen LogP contribution in [0.15, 0.2) is 42.5 Å². The molecule has 35 heavy (non-hydrogen) atoms. The minimum absolute atomic E-state index is 0.693. The van der Waals surface area contributed by atoms with E-state index in [4.69, 9.17) is 19.9 Å². The zero-order valence-electron chi connectivity index (χ0n) is 20.2. The predicted molar refractivity (Wildman–Crippen MR) is 130 cm³/mol. The lowest BCUT2D eigenvalue weighted by Gasteiger charge is -2.20. The molecule has 1 aliphatic rings. The van der Waals surface area contributed by atoms with Crippen LogP contribution < -0.4 is 10.2 Å². The van der Waals surface area contributed by atoms with Crippen LogP contribution in [-0.2, 0) is 17.6 Å². The Kier molecular flexibility index (Phi) is 7.99. The molecular weight excluding hydrogens is 457 g/mol. The summed E-state index contributed by atoms with van der Waals surface area (Å²) in [6, 6.07) is 15.1. The van der Waals surface area contributed by atoms with E-state index >= 15 is 0 Å². The van der Waals surface area contributed by atoms with Gasteiger partial charge in [-0.3, -0.25) is 0 Å². The van der Waals surface area contributed by atoms with Crippen molar-refractivity contribution in [3.8, 4) is 0 Å². The lowest BCUT2D eigenvalue weighted by atomic mass is 10.1. The van der Waals surface area contributed by atoms with Gasteiger partial charge in [0.25, 0.3) is 0 Å². The zero-order chi connectivity index (χ0) is 25.8. The summed E-state index contributed by atoms with van der Waals surface area (Å²) in [4.78, 5) is 21.0. The van der Waals surface area contributed by atoms with Crippen molar-refractivity contribution in [1.82, 2.24) is 9.97 Å². The van der Waals surface area contributed by atoms with E-state index in [1.165, 1.54) is 27.8 Å². The van der Waals surface area contributed by atoms with Crippen LogP contribution in [0.1, 0.15) is 33.5 Å². The van der Waals surface area contributed by atoms with E-state index in [2.05, 4.69) is 80.4 Å². The Balaban J connectivity index is 0.000000429. The van der Waals surface area contributed by atoms with Gasteiger partial charge in [-0.15, -0.1) is 0 Å². The van der Waals surface area contributed by atoms with Crippen molar-refractivity contribution in [1.29, 1.82) is 0 Å². The molecular formula is C26H29F3N4O2. The molecule has 0 amide bonds. The summed E-state index contributed by atoms with van der Waals surface area (Å²) in [6.45, 7) is 10.5. The third kappa shape index (κ3) is 6.71. The Bertz CT molecular complexity index is 1170. The number of nitrogens with zero attached hydrogens (tertiary/aromatic N) is 3. The summed E-state index contributed by atoms with van der Waals surface area (Å²) in [7, 11) is 0. The zero-order valence-corrected chi connectivity index (χ0v) is 20.2. The smallest absolute Gasteiger partial charge is 0.475 e. The molecule has 0 aliphatic carbocycles. The summed E-state index contributed by atoms with van der Waals surface area (Å²) < 4.78 is 31.7. The Morgan fingerprint density at radius 1 is 1.06 bits per heavy atom. The predicted octanol–water partition coefficient (Wildman–Crippen LogP) is 5.69. The first kappa shape index (κ1) is 26.0. The minimum atomic E-state index is -5.08. The number of anilines is 3. The van der Waals surface area contributed by atoms with Gasteiger partial charge in [0.15, 0.2) is 0 Å². The maximum Gasteiger partial charge on any atom is 0.490 e. The van der Waals surface area contributed by atoms with Gasteiger partial charge in [-0.1, -0.05) is 48.0 Å². The second kappa shape index (κ2) is 10.8. The van der Waals surface area contributed by atoms with Crippen molar-refractivity contribution in [3.63, 3.8) is 0 Å². The first-order valence-electron chi connectivity index (χ1n) is 11.3. The summed E-state index contributed by atoms with van der Waals surface area (Å²) in [5, 5.41) is 10.6. The number of fused-ring (bicyclic) bond motifs is 1. The highest BCUT2D eigenvalue weighted by Crippen LogP contribution is 2.31. The Hall–Kier alpha value is -3.62. The second-order valence-corrected chi connectivity index (χ2v) is 8.61. The average Bonchev–Trinajstić information content (AvgIpc) is 3.19. The third-order valence-corrected chi connectivity index (χ3v) is 5.79. The molecule has 0 fully saturated rings. The Labute approximate surface area is 202 Å². The van der Waals surface area contributed by atoms with Gasteiger partial charge in [0.05, 0.1) is 0 Å². The number of nitrogens with one attached hydrogen (secondary N) is 1. The van der Waals surface area contributed by atoms with E-state index in [0.29, 0.717) is 5.95 Å². The fraction of sp³-hybridized carbons (Fsp3) is 0.346. The van der Waals surface area contributed by atoms with E-state index in [-0.39, 0.29) is 0 Å². The van der Waals surface area contributed by atoms with Gasteiger partial charge in [-0.25, -0.2) is 9.78 Å². The van der Waals surface area contributed by atoms with E-state index in [1.54, 1.807) is 0 Å². The molecule has 186 valence electrons. The molecule has 1 aliphatic heterocycles. The largest absolute Gasteiger partial charge is 0.490 e. The number of carboxylic acid groups (broad SMARTS) is 1. The SMILES string of the molecule is Cc1cc(C)c(Nc2nc(C)c3c(n2)N(CCc2ccccc2)CC3)c(C)c1.O=C(O)C(F)(F)F. The Morgan fingerprint density at radius 3 is 2.23 bits per heavy atom. The molecule has 0 atom stereocenters. The molecule has 9 heteroatoms. The first-order chi connectivity index (χ1) is 16.5. The number of hydrogen-bond acceptors (Lipinski definition) is 5. The van der Waals surface area contributed by atoms with Crippen molar-refractivity contribution >= 4 is 23.4 Å². The van der Waals surface area contributed by atoms with Crippen LogP contribution in [0.4, 0.5) is 30.6 Å². The quantitative estimate of drug-likeness (QED) is 0.482. The molecule has 0 radical (unpaired) electrons. The van der Waals surface area contributed by atoms with E-state index in [0.717, 1.165) is 43.1 Å². The van der Waals surface area contributed by atoms with Gasteiger partial charge in [-0.2, -0.15) is 18.2 Å². The third-order valence-electron chi connectivity index (χ3n) is 5.79. The molecule has 3 aromatic rings. The van der Waals surface area contributed by atoms with Gasteiger partial charge in [0, 0.05) is 30.0 Å². The number of benzene rings is 2. The fourth-order valence-electron chi connectivity index (χ4n) is 4.16. The number of carboxylic acids is 1. The maximum absolute atomic E-state index is 10.6. The molecule has 2 N–H and O–H groups in total. The number of aliphatic carboxylic acids is 1. The standard InChI is InChI=1S/C24H28N4.C2HF3O2/c1-16-14-17(2)22(18(3)15-16)26-24-25-19(4)21-11-13-28(23(21)27-24)12-10-20-8-6-5-7-9-20;3-2(4,5)1(6)7/h5-9,14-15H,10-13H2,1-4H3,(H,25,26,27);(H,6,7). The van der Waals surface area contributed by atoms with Crippen LogP contribution in [0.25, 0.3) is 0 Å². The lowest BCUT2D eigenvalue weighted by Crippen LogP contribution is -2.24. The van der Waals surface area contributed by atoms with Crippen LogP contribution in [0, 0.1) is 27.7 Å². The molecule has 0 bridgehead atoms. The monoisotopic (exact) mass is 486 g/mol. The van der Waals surface area contributed by atoms with Crippen molar-refractivity contribution < 1.29 is 23.1 Å². The molecule has 0 spiro atoms. The Morgan fingerprint density at radius 2 is 1.66 bits per heavy atom. The number of alkyl halides is 3. The molecule has 2 heterocycles. The molecule has 0 unspecified atom stereocenters. The number of rotatable bonds is 5. The van der Waals surface area contributed by atoms with Gasteiger partial charge in [-0.05, 0) is 57.2 Å². The van der Waals surface area contributed by atoms with Crippen LogP contribution in [0.5, 0.6) is 0 Å². The highest BCUT2D eigenvalue weighted by atomic mass is 19.4. The van der Waals surface area contributed by atoms with Crippen LogP contribution in [0.2, 0.25) is 0 Å². The van der Waals surface area contributed by atoms with Gasteiger partial charge < -0.3 is 15.3 Å². The molecule has 0 saturated carbocycles. The maximum atomic E-state index is 10.6. The molecule has 6 nitrogen and oxygen atoms in total. The number of halogens is 3. The molecule has 4 rings (SSSR count). The number of carbonyl (C=O) groups is 1. The first-order valence-corrected chi connectivity index (χ1v) is 11.3. The topological polar surface area (TPSA) is 78.4 Å². The summed E-state index contributed by atoms with van der Waals surface area (Å²) in [6.07, 6.45) is -3.03. The number of aryl methyl sites for hydroxylation is 4.